The molecule has 0 aliphatic heterocycles. The number of anilines is 1. The number of nitrogens with one attached hydrogen (secondary N) is 2. The van der Waals surface area contributed by atoms with Crippen molar-refractivity contribution in [1.29, 1.82) is 0 Å². The van der Waals surface area contributed by atoms with Gasteiger partial charge in [-0.15, -0.1) is 0 Å². The van der Waals surface area contributed by atoms with Crippen LogP contribution >= 0.6 is 0 Å². The molecule has 84 heavy (non-hydrogen) atoms. The van der Waals surface area contributed by atoms with E-state index in [1.165, 1.54) is 50.7 Å². The average molecular weight is 1160 g/mol. The predicted molar refractivity (Wildman–Crippen MR) is 353 cm³/mol. The Labute approximate surface area is 507 Å². The fraction of sp³-hybridized carbons (Fsp3) is 0.425. The quantitative estimate of drug-likeness (QED) is 0.166. The highest BCUT2D eigenvalue weighted by Crippen LogP contribution is 2.30. The Morgan fingerprint density at radius 3 is 1.15 bits per heavy atom. The molecule has 456 valence electrons. The van der Waals surface area contributed by atoms with Crippen LogP contribution in [0.5, 0.6) is 0 Å². The fourth-order valence-corrected chi connectivity index (χ4v) is 7.90. The number of pyridine rings is 1. The van der Waals surface area contributed by atoms with Crippen LogP contribution < -0.4 is 5.32 Å². The Bertz CT molecular complexity index is 3160. The Balaban J connectivity index is 0.000000488. The number of fused-ring (bicyclic) bond motifs is 1. The summed E-state index contributed by atoms with van der Waals surface area (Å²) in [6.45, 7) is 49.9. The first-order valence-corrected chi connectivity index (χ1v) is 30.5. The van der Waals surface area contributed by atoms with E-state index in [-0.39, 0.29) is 44.1 Å². The van der Waals surface area contributed by atoms with Crippen molar-refractivity contribution in [2.45, 2.75) is 202 Å². The van der Waals surface area contributed by atoms with Gasteiger partial charge in [0.15, 0.2) is 9.84 Å². The molecule has 0 aliphatic carbocycles. The Morgan fingerprint density at radius 2 is 0.869 bits per heavy atom. The lowest BCUT2D eigenvalue weighted by atomic mass is 9.87. The van der Waals surface area contributed by atoms with Crippen molar-refractivity contribution in [3.05, 3.63) is 215 Å². The molecule has 0 aliphatic rings. The van der Waals surface area contributed by atoms with E-state index >= 15 is 0 Å². The normalized spacial score (nSPS) is 11.5. The van der Waals surface area contributed by atoms with Crippen LogP contribution in [0.25, 0.3) is 11.0 Å². The molecule has 5 aromatic carbocycles. The van der Waals surface area contributed by atoms with Crippen molar-refractivity contribution in [1.82, 2.24) is 15.0 Å². The molecule has 0 bridgehead atoms. The number of hydrogen-bond donors (Lipinski definition) is 2. The number of aromatic amines is 1. The lowest BCUT2D eigenvalue weighted by molar-refractivity contribution is -0.191. The van der Waals surface area contributed by atoms with Crippen LogP contribution in [0.1, 0.15) is 196 Å². The van der Waals surface area contributed by atoms with Gasteiger partial charge in [-0.2, -0.15) is 9.59 Å². The van der Waals surface area contributed by atoms with Crippen molar-refractivity contribution in [2.24, 2.45) is 0 Å². The van der Waals surface area contributed by atoms with Crippen LogP contribution in [-0.4, -0.2) is 42.2 Å². The maximum absolute atomic E-state index is 11.2. The minimum atomic E-state index is -3.07. The van der Waals surface area contributed by atoms with Crippen molar-refractivity contribution in [3.8, 4) is 0 Å². The number of nitrogens with zero attached hydrogens (tertiary/aromatic N) is 2. The van der Waals surface area contributed by atoms with Gasteiger partial charge in [-0.1, -0.05) is 254 Å². The molecule has 0 saturated carbocycles. The van der Waals surface area contributed by atoms with E-state index in [2.05, 4.69) is 246 Å². The van der Waals surface area contributed by atoms with Crippen molar-refractivity contribution in [3.63, 3.8) is 0 Å². The first-order valence-electron chi connectivity index (χ1n) is 28.6. The molecule has 0 unspecified atom stereocenters. The Morgan fingerprint density at radius 1 is 0.476 bits per heavy atom. The molecule has 10 nitrogen and oxygen atoms in total. The largest absolute Gasteiger partial charge is 0.461 e. The molecule has 2 N–H and O–H groups in total. The molecule has 11 heteroatoms. The van der Waals surface area contributed by atoms with E-state index in [1.54, 1.807) is 24.7 Å². The summed E-state index contributed by atoms with van der Waals surface area (Å²) in [6, 6.07) is 46.8. The van der Waals surface area contributed by atoms with Gasteiger partial charge in [0.05, 0.1) is 11.2 Å². The van der Waals surface area contributed by atoms with Gasteiger partial charge in [0.1, 0.15) is 11.3 Å². The van der Waals surface area contributed by atoms with Crippen molar-refractivity contribution < 1.29 is 27.2 Å². The number of para-hydroxylation sites is 1. The van der Waals surface area contributed by atoms with Crippen LogP contribution in [0, 0.1) is 13.8 Å². The number of carbonyl (C=O) groups excluding carboxylic acids is 3. The standard InChI is InChI=1S/C12H14O.C11H15NO.C11H16O2S.2C11H16.C9H13N.C7H12N2.CO2/c1-12(2,3)11-8-9-6-4-5-7-10(9)13-11;1-11(2,3)9-4-6-10(7-5-9)12-8-13;1-11(2,3)9-5-7-10(8-6-9)14(4,12)13;2*1-9-5-7-10(8-6-9)11(2,3)4;1-9(2,3)8-5-4-6-10-7-8;1-7(2,3)6-4-8-5-9-6;2-1-3/h4-8H,1-3H3;4-8H,1-3H3,(H,12,13);5-8H,1-4H3;2*5-8H,1-4H3;4-7H,1-3H3;4-5H,1-3H3,(H,8,9);. The van der Waals surface area contributed by atoms with Crippen LogP contribution in [-0.2, 0) is 62.1 Å². The van der Waals surface area contributed by atoms with E-state index in [0.29, 0.717) is 11.3 Å². The summed E-state index contributed by atoms with van der Waals surface area (Å²) in [5, 5.41) is 3.79. The molecular formula is C73H102N4O6S. The second-order valence-corrected chi connectivity index (χ2v) is 30.1. The molecule has 0 saturated heterocycles. The van der Waals surface area contributed by atoms with E-state index < -0.39 is 9.84 Å². The van der Waals surface area contributed by atoms with Gasteiger partial charge in [0.2, 0.25) is 6.41 Å². The van der Waals surface area contributed by atoms with E-state index in [0.717, 1.165) is 22.6 Å². The first kappa shape index (κ1) is 74.8. The van der Waals surface area contributed by atoms with E-state index in [9.17, 15) is 13.2 Å². The maximum Gasteiger partial charge on any atom is 0.373 e. The summed E-state index contributed by atoms with van der Waals surface area (Å²) >= 11 is 0. The number of H-pyrrole nitrogens is 1. The third kappa shape index (κ3) is 29.4. The van der Waals surface area contributed by atoms with Gasteiger partial charge in [-0.3, -0.25) is 9.78 Å². The van der Waals surface area contributed by atoms with Gasteiger partial charge in [-0.25, -0.2) is 13.4 Å². The fourth-order valence-electron chi connectivity index (χ4n) is 7.27. The van der Waals surface area contributed by atoms with Crippen molar-refractivity contribution >= 4 is 39.1 Å². The number of sulfone groups is 1. The average Bonchev–Trinajstić information content (AvgIpc) is 4.33. The van der Waals surface area contributed by atoms with Gasteiger partial charge in [0.25, 0.3) is 0 Å². The zero-order chi connectivity index (χ0) is 64.5. The molecule has 0 atom stereocenters. The number of furan rings is 1. The number of benzene rings is 5. The molecular weight excluding hydrogens is 1060 g/mol. The third-order valence-electron chi connectivity index (χ3n) is 13.0. The van der Waals surface area contributed by atoms with Crippen molar-refractivity contribution in [2.75, 3.05) is 11.6 Å². The number of aromatic nitrogens is 3. The summed E-state index contributed by atoms with van der Waals surface area (Å²) in [7, 11) is -3.07. The molecule has 3 heterocycles. The highest BCUT2D eigenvalue weighted by molar-refractivity contribution is 7.90. The molecule has 0 fully saturated rings. The van der Waals surface area contributed by atoms with Gasteiger partial charge in [-0.05, 0) is 111 Å². The molecule has 0 radical (unpaired) electrons. The number of imidazole rings is 1. The zero-order valence-electron chi connectivity index (χ0n) is 55.4. The lowest BCUT2D eigenvalue weighted by Crippen LogP contribution is -2.11. The maximum atomic E-state index is 11.2. The SMILES string of the molecule is CC(C)(C)c1cc2ccccc2o1.CC(C)(C)c1ccc(NC=O)cc1.CC(C)(C)c1ccc(S(C)(=O)=O)cc1.CC(C)(C)c1cccnc1.CC(C)(C)c1cnc[nH]1.Cc1ccc(C(C)(C)C)cc1.Cc1ccc(C(C)(C)C)cc1.O=C=O. The number of rotatable bonds is 3. The van der Waals surface area contributed by atoms with Crippen LogP contribution in [0.4, 0.5) is 5.69 Å². The second-order valence-electron chi connectivity index (χ2n) is 28.1. The minimum absolute atomic E-state index is 0.0655. The monoisotopic (exact) mass is 1160 g/mol. The Hall–Kier alpha value is -7.20. The van der Waals surface area contributed by atoms with Crippen LogP contribution in [0.15, 0.2) is 174 Å². The summed E-state index contributed by atoms with van der Waals surface area (Å²) < 4.78 is 28.1. The predicted octanol–water partition coefficient (Wildman–Crippen LogP) is 18.8. The number of amides is 1. The minimum Gasteiger partial charge on any atom is -0.461 e. The van der Waals surface area contributed by atoms with Gasteiger partial charge in [0, 0.05) is 52.4 Å². The molecule has 0 spiro atoms. The van der Waals surface area contributed by atoms with Crippen LogP contribution in [0.2, 0.25) is 0 Å². The number of aryl methyl sites for hydroxylation is 2. The van der Waals surface area contributed by atoms with Gasteiger partial charge < -0.3 is 14.7 Å². The van der Waals surface area contributed by atoms with E-state index in [1.807, 2.05) is 73.1 Å². The Kier molecular flexibility index (Phi) is 29.2. The first-order chi connectivity index (χ1) is 38.4. The zero-order valence-corrected chi connectivity index (χ0v) is 56.2. The summed E-state index contributed by atoms with van der Waals surface area (Å²) in [5.74, 6) is 1.05. The molecule has 8 rings (SSSR count). The highest BCUT2D eigenvalue weighted by atomic mass is 32.2. The summed E-state index contributed by atoms with van der Waals surface area (Å²) in [5.41, 5.74) is 13.5. The topological polar surface area (TPSA) is 152 Å². The molecule has 3 aromatic heterocycles. The van der Waals surface area contributed by atoms with E-state index in [4.69, 9.17) is 14.0 Å². The summed E-state index contributed by atoms with van der Waals surface area (Å²) in [6.07, 6.45) is 9.45. The third-order valence-corrected chi connectivity index (χ3v) is 14.1. The molecule has 8 aromatic rings. The van der Waals surface area contributed by atoms with Crippen LogP contribution in [0.3, 0.4) is 0 Å². The smallest absolute Gasteiger partial charge is 0.373 e. The lowest BCUT2D eigenvalue weighted by Gasteiger charge is -2.18. The number of hydrogen-bond acceptors (Lipinski definition) is 8. The highest BCUT2D eigenvalue weighted by Gasteiger charge is 2.20. The summed E-state index contributed by atoms with van der Waals surface area (Å²) in [4.78, 5) is 37.8. The number of carbonyl (C=O) groups is 1. The second kappa shape index (κ2) is 32.7. The molecule has 1 amide bonds. The van der Waals surface area contributed by atoms with Gasteiger partial charge >= 0.3 is 6.15 Å².